The van der Waals surface area contributed by atoms with Crippen LogP contribution in [0.1, 0.15) is 11.1 Å². The second-order valence-electron chi connectivity index (χ2n) is 3.83. The number of anilines is 2. The van der Waals surface area contributed by atoms with Gasteiger partial charge in [-0.05, 0) is 37.1 Å². The predicted molar refractivity (Wildman–Crippen MR) is 62.4 cm³/mol. The first kappa shape index (κ1) is 9.77. The summed E-state index contributed by atoms with van der Waals surface area (Å²) < 4.78 is 1.78. The summed E-state index contributed by atoms with van der Waals surface area (Å²) in [5, 5.41) is 7.42. The lowest BCUT2D eigenvalue weighted by Gasteiger charge is -2.06. The molecule has 0 aliphatic heterocycles. The summed E-state index contributed by atoms with van der Waals surface area (Å²) in [7, 11) is 1.91. The van der Waals surface area contributed by atoms with Crippen molar-refractivity contribution < 1.29 is 0 Å². The van der Waals surface area contributed by atoms with Crippen molar-refractivity contribution in [3.63, 3.8) is 0 Å². The number of nitrogens with zero attached hydrogens (tertiary/aromatic N) is 2. The quantitative estimate of drug-likeness (QED) is 0.809. The Kier molecular flexibility index (Phi) is 2.46. The Morgan fingerprint density at radius 1 is 1.13 bits per heavy atom. The molecule has 78 valence electrons. The van der Waals surface area contributed by atoms with E-state index < -0.39 is 0 Å². The third-order valence-corrected chi connectivity index (χ3v) is 2.50. The molecule has 1 aromatic carbocycles. The molecule has 0 saturated heterocycles. The summed E-state index contributed by atoms with van der Waals surface area (Å²) in [5.74, 6) is 0. The number of aryl methyl sites for hydroxylation is 3. The minimum atomic E-state index is 1.01. The summed E-state index contributed by atoms with van der Waals surface area (Å²) in [6.07, 6.45) is 3.77. The topological polar surface area (TPSA) is 29.9 Å². The second-order valence-corrected chi connectivity index (χ2v) is 3.83. The molecule has 0 aliphatic rings. The maximum Gasteiger partial charge on any atom is 0.0770 e. The second kappa shape index (κ2) is 3.77. The highest BCUT2D eigenvalue weighted by Crippen LogP contribution is 2.18. The predicted octanol–water partition coefficient (Wildman–Crippen LogP) is 2.78. The van der Waals surface area contributed by atoms with Gasteiger partial charge >= 0.3 is 0 Å². The van der Waals surface area contributed by atoms with E-state index in [1.165, 1.54) is 11.1 Å². The lowest BCUT2D eigenvalue weighted by atomic mass is 10.1. The third-order valence-electron chi connectivity index (χ3n) is 2.50. The summed E-state index contributed by atoms with van der Waals surface area (Å²) in [4.78, 5) is 0. The van der Waals surface area contributed by atoms with Gasteiger partial charge in [-0.3, -0.25) is 4.68 Å². The van der Waals surface area contributed by atoms with E-state index in [0.29, 0.717) is 0 Å². The average Bonchev–Trinajstić information content (AvgIpc) is 2.58. The maximum absolute atomic E-state index is 4.11. The van der Waals surface area contributed by atoms with Crippen LogP contribution in [0.4, 0.5) is 11.4 Å². The Balaban J connectivity index is 2.21. The molecule has 0 atom stereocenters. The smallest absolute Gasteiger partial charge is 0.0770 e. The number of hydrogen-bond acceptors (Lipinski definition) is 2. The molecule has 0 spiro atoms. The molecule has 0 amide bonds. The van der Waals surface area contributed by atoms with E-state index in [0.717, 1.165) is 11.4 Å². The minimum absolute atomic E-state index is 1.01. The van der Waals surface area contributed by atoms with Crippen molar-refractivity contribution in [3.8, 4) is 0 Å². The van der Waals surface area contributed by atoms with Crippen molar-refractivity contribution in [2.24, 2.45) is 7.05 Å². The number of hydrogen-bond donors (Lipinski definition) is 1. The van der Waals surface area contributed by atoms with Gasteiger partial charge in [0.05, 0.1) is 11.9 Å². The SMILES string of the molecule is Cc1ccc(Nc2cnn(C)c2)cc1C. The van der Waals surface area contributed by atoms with Crippen LogP contribution in [0.5, 0.6) is 0 Å². The Labute approximate surface area is 89.7 Å². The van der Waals surface area contributed by atoms with Gasteiger partial charge in [0.15, 0.2) is 0 Å². The fourth-order valence-electron chi connectivity index (χ4n) is 1.47. The highest BCUT2D eigenvalue weighted by Gasteiger charge is 1.98. The van der Waals surface area contributed by atoms with Crippen LogP contribution in [0, 0.1) is 13.8 Å². The fraction of sp³-hybridized carbons (Fsp3) is 0.250. The van der Waals surface area contributed by atoms with E-state index in [9.17, 15) is 0 Å². The normalized spacial score (nSPS) is 10.3. The molecular formula is C12H15N3. The molecule has 1 heterocycles. The van der Waals surface area contributed by atoms with Gasteiger partial charge in [-0.15, -0.1) is 0 Å². The molecule has 1 N–H and O–H groups in total. The van der Waals surface area contributed by atoms with Crippen molar-refractivity contribution >= 4 is 11.4 Å². The Morgan fingerprint density at radius 2 is 1.93 bits per heavy atom. The van der Waals surface area contributed by atoms with Crippen molar-refractivity contribution in [2.45, 2.75) is 13.8 Å². The summed E-state index contributed by atoms with van der Waals surface area (Å²) in [6.45, 7) is 4.23. The van der Waals surface area contributed by atoms with Crippen LogP contribution in [0.15, 0.2) is 30.6 Å². The van der Waals surface area contributed by atoms with Gasteiger partial charge < -0.3 is 5.32 Å². The molecule has 2 rings (SSSR count). The number of rotatable bonds is 2. The van der Waals surface area contributed by atoms with E-state index >= 15 is 0 Å². The molecule has 0 bridgehead atoms. The summed E-state index contributed by atoms with van der Waals surface area (Å²) >= 11 is 0. The number of nitrogens with one attached hydrogen (secondary N) is 1. The first-order chi connectivity index (χ1) is 7.15. The van der Waals surface area contributed by atoms with E-state index in [4.69, 9.17) is 0 Å². The average molecular weight is 201 g/mol. The molecule has 0 aliphatic carbocycles. The molecule has 3 heteroatoms. The Hall–Kier alpha value is -1.77. The zero-order valence-electron chi connectivity index (χ0n) is 9.28. The van der Waals surface area contributed by atoms with Crippen molar-refractivity contribution in [1.29, 1.82) is 0 Å². The van der Waals surface area contributed by atoms with Crippen molar-refractivity contribution in [3.05, 3.63) is 41.7 Å². The lowest BCUT2D eigenvalue weighted by molar-refractivity contribution is 0.768. The van der Waals surface area contributed by atoms with Crippen LogP contribution >= 0.6 is 0 Å². The number of aromatic nitrogens is 2. The van der Waals surface area contributed by atoms with Gasteiger partial charge in [0.1, 0.15) is 0 Å². The number of benzene rings is 1. The van der Waals surface area contributed by atoms with Crippen LogP contribution in [0.3, 0.4) is 0 Å². The van der Waals surface area contributed by atoms with E-state index in [2.05, 4.69) is 42.5 Å². The largest absolute Gasteiger partial charge is 0.353 e. The first-order valence-corrected chi connectivity index (χ1v) is 4.98. The zero-order valence-corrected chi connectivity index (χ0v) is 9.28. The van der Waals surface area contributed by atoms with Gasteiger partial charge in [-0.2, -0.15) is 5.10 Å². The Bertz CT molecular complexity index is 471. The van der Waals surface area contributed by atoms with Gasteiger partial charge in [0.2, 0.25) is 0 Å². The van der Waals surface area contributed by atoms with E-state index in [-0.39, 0.29) is 0 Å². The van der Waals surface area contributed by atoms with Crippen LogP contribution in [-0.4, -0.2) is 9.78 Å². The Morgan fingerprint density at radius 3 is 2.53 bits per heavy atom. The molecule has 15 heavy (non-hydrogen) atoms. The maximum atomic E-state index is 4.11. The molecule has 0 saturated carbocycles. The van der Waals surface area contributed by atoms with E-state index in [1.807, 2.05) is 19.4 Å². The summed E-state index contributed by atoms with van der Waals surface area (Å²) in [6, 6.07) is 6.34. The van der Waals surface area contributed by atoms with Gasteiger partial charge in [-0.25, -0.2) is 0 Å². The molecule has 0 radical (unpaired) electrons. The summed E-state index contributed by atoms with van der Waals surface area (Å²) in [5.41, 5.74) is 4.72. The van der Waals surface area contributed by atoms with Crippen LogP contribution in [-0.2, 0) is 7.05 Å². The lowest BCUT2D eigenvalue weighted by Crippen LogP contribution is -1.90. The highest BCUT2D eigenvalue weighted by atomic mass is 15.3. The van der Waals surface area contributed by atoms with Gasteiger partial charge in [0, 0.05) is 18.9 Å². The molecule has 1 aromatic heterocycles. The molecule has 0 fully saturated rings. The van der Waals surface area contributed by atoms with Crippen molar-refractivity contribution in [1.82, 2.24) is 9.78 Å². The van der Waals surface area contributed by atoms with Crippen LogP contribution in [0.25, 0.3) is 0 Å². The fourth-order valence-corrected chi connectivity index (χ4v) is 1.47. The molecule has 2 aromatic rings. The van der Waals surface area contributed by atoms with Gasteiger partial charge in [0.25, 0.3) is 0 Å². The van der Waals surface area contributed by atoms with Crippen LogP contribution < -0.4 is 5.32 Å². The zero-order chi connectivity index (χ0) is 10.8. The van der Waals surface area contributed by atoms with Crippen molar-refractivity contribution in [2.75, 3.05) is 5.32 Å². The molecule has 0 unspecified atom stereocenters. The highest BCUT2D eigenvalue weighted by molar-refractivity contribution is 5.59. The minimum Gasteiger partial charge on any atom is -0.353 e. The van der Waals surface area contributed by atoms with E-state index in [1.54, 1.807) is 4.68 Å². The first-order valence-electron chi connectivity index (χ1n) is 4.98. The standard InChI is InChI=1S/C12H15N3/c1-9-4-5-11(6-10(9)2)14-12-7-13-15(3)8-12/h4-8,14H,1-3H3. The van der Waals surface area contributed by atoms with Crippen LogP contribution in [0.2, 0.25) is 0 Å². The molecule has 3 nitrogen and oxygen atoms in total. The third kappa shape index (κ3) is 2.18. The van der Waals surface area contributed by atoms with Gasteiger partial charge in [-0.1, -0.05) is 6.07 Å². The monoisotopic (exact) mass is 201 g/mol. The molecular weight excluding hydrogens is 186 g/mol.